The molecule has 2 atom stereocenters. The van der Waals surface area contributed by atoms with Gasteiger partial charge < -0.3 is 20.4 Å². The Hall–Kier alpha value is -2.93. The van der Waals surface area contributed by atoms with E-state index in [1.165, 1.54) is 0 Å². The highest BCUT2D eigenvalue weighted by Crippen LogP contribution is 2.38. The number of aromatic amines is 1. The molecule has 0 bridgehead atoms. The van der Waals surface area contributed by atoms with Crippen molar-refractivity contribution in [3.05, 3.63) is 63.5 Å². The number of para-hydroxylation sites is 1. The number of carbonyl (C=O) groups excluding carboxylic acids is 1. The summed E-state index contributed by atoms with van der Waals surface area (Å²) in [6.07, 6.45) is 1.21. The number of nitrogens with two attached hydrogens (primary N) is 1. The Morgan fingerprint density at radius 2 is 2.00 bits per heavy atom. The van der Waals surface area contributed by atoms with Crippen molar-refractivity contribution >= 4 is 28.7 Å². The fraction of sp³-hybridized carbons (Fsp3) is 0.300. The Morgan fingerprint density at radius 3 is 2.68 bits per heavy atom. The molecule has 0 radical (unpaired) electrons. The fourth-order valence-electron chi connectivity index (χ4n) is 4.10. The van der Waals surface area contributed by atoms with Crippen LogP contribution in [0.5, 0.6) is 5.75 Å². The monoisotopic (exact) mass is 400 g/mol. The highest BCUT2D eigenvalue weighted by atomic mass is 35.5. The van der Waals surface area contributed by atoms with E-state index < -0.39 is 6.03 Å². The van der Waals surface area contributed by atoms with E-state index in [-0.39, 0.29) is 17.8 Å². The van der Waals surface area contributed by atoms with Crippen LogP contribution in [0.1, 0.15) is 30.5 Å². The topological polar surface area (TPSA) is 93.3 Å². The van der Waals surface area contributed by atoms with Gasteiger partial charge in [-0.2, -0.15) is 0 Å². The number of benzene rings is 2. The second-order valence-electron chi connectivity index (χ2n) is 6.93. The summed E-state index contributed by atoms with van der Waals surface area (Å²) < 4.78 is 7.13. The molecular weight excluding hydrogens is 380 g/mol. The molecular formula is C20H21ClN4O3. The zero-order valence-corrected chi connectivity index (χ0v) is 16.1. The average molecular weight is 401 g/mol. The van der Waals surface area contributed by atoms with E-state index in [9.17, 15) is 9.59 Å². The van der Waals surface area contributed by atoms with Crippen molar-refractivity contribution < 1.29 is 9.53 Å². The van der Waals surface area contributed by atoms with Crippen LogP contribution in [0.4, 0.5) is 4.79 Å². The second-order valence-corrected chi connectivity index (χ2v) is 7.37. The number of carbonyl (C=O) groups is 1. The third-order valence-corrected chi connectivity index (χ3v) is 5.66. The minimum absolute atomic E-state index is 0.0790. The Labute approximate surface area is 166 Å². The van der Waals surface area contributed by atoms with Crippen molar-refractivity contribution in [3.63, 3.8) is 0 Å². The highest BCUT2D eigenvalue weighted by Gasteiger charge is 2.34. The standard InChI is InChI=1S/C20H21ClN4O3/c1-28-17-4-2-3-15-18(17)23-20(27)25(15)14-9-10-24(19(22)26)16(11-14)12-5-7-13(21)8-6-12/h2-8,14,16H,9-11H2,1H3,(H2,22,26)(H,23,27). The van der Waals surface area contributed by atoms with E-state index >= 15 is 0 Å². The van der Waals surface area contributed by atoms with Gasteiger partial charge in [0.05, 0.1) is 18.7 Å². The lowest BCUT2D eigenvalue weighted by Crippen LogP contribution is -2.45. The van der Waals surface area contributed by atoms with Gasteiger partial charge in [-0.15, -0.1) is 0 Å². The summed E-state index contributed by atoms with van der Waals surface area (Å²) in [5, 5.41) is 0.627. The van der Waals surface area contributed by atoms with Crippen LogP contribution in [-0.2, 0) is 0 Å². The van der Waals surface area contributed by atoms with Gasteiger partial charge in [0.25, 0.3) is 0 Å². The lowest BCUT2D eigenvalue weighted by Gasteiger charge is -2.39. The van der Waals surface area contributed by atoms with Crippen LogP contribution in [0.3, 0.4) is 0 Å². The summed E-state index contributed by atoms with van der Waals surface area (Å²) in [4.78, 5) is 29.3. The molecule has 28 heavy (non-hydrogen) atoms. The lowest BCUT2D eigenvalue weighted by molar-refractivity contribution is 0.136. The molecule has 0 aliphatic carbocycles. The lowest BCUT2D eigenvalue weighted by atomic mass is 9.91. The summed E-state index contributed by atoms with van der Waals surface area (Å²) in [6, 6.07) is 12.2. The van der Waals surface area contributed by atoms with Gasteiger partial charge in [0, 0.05) is 17.6 Å². The average Bonchev–Trinajstić information content (AvgIpc) is 3.03. The molecule has 0 spiro atoms. The number of nitrogens with one attached hydrogen (secondary N) is 1. The Balaban J connectivity index is 1.75. The molecule has 1 aliphatic rings. The molecule has 1 fully saturated rings. The zero-order valence-electron chi connectivity index (χ0n) is 15.4. The largest absolute Gasteiger partial charge is 0.494 e. The Morgan fingerprint density at radius 1 is 1.25 bits per heavy atom. The molecule has 7 nitrogen and oxygen atoms in total. The zero-order chi connectivity index (χ0) is 19.8. The van der Waals surface area contributed by atoms with Crippen molar-refractivity contribution in [2.24, 2.45) is 5.73 Å². The number of fused-ring (bicyclic) bond motifs is 1. The van der Waals surface area contributed by atoms with Crippen molar-refractivity contribution in [1.82, 2.24) is 14.5 Å². The van der Waals surface area contributed by atoms with Gasteiger partial charge in [0.15, 0.2) is 0 Å². The summed E-state index contributed by atoms with van der Waals surface area (Å²) in [5.74, 6) is 0.622. The maximum Gasteiger partial charge on any atom is 0.326 e. The molecule has 1 aromatic heterocycles. The van der Waals surface area contributed by atoms with Crippen LogP contribution in [0, 0.1) is 0 Å². The first-order valence-corrected chi connectivity index (χ1v) is 9.46. The van der Waals surface area contributed by atoms with Gasteiger partial charge in [0.1, 0.15) is 11.3 Å². The van der Waals surface area contributed by atoms with Gasteiger partial charge in [-0.1, -0.05) is 29.8 Å². The third kappa shape index (κ3) is 3.11. The summed E-state index contributed by atoms with van der Waals surface area (Å²) in [6.45, 7) is 0.469. The summed E-state index contributed by atoms with van der Waals surface area (Å²) in [7, 11) is 1.58. The third-order valence-electron chi connectivity index (χ3n) is 5.41. The first-order chi connectivity index (χ1) is 13.5. The molecule has 2 heterocycles. The number of hydrogen-bond donors (Lipinski definition) is 2. The number of urea groups is 1. The number of aromatic nitrogens is 2. The SMILES string of the molecule is COc1cccc2c1[nH]c(=O)n2C1CCN(C(N)=O)C(c2ccc(Cl)cc2)C1. The predicted molar refractivity (Wildman–Crippen MR) is 108 cm³/mol. The van der Waals surface area contributed by atoms with Gasteiger partial charge in [0.2, 0.25) is 0 Å². The maximum atomic E-state index is 12.7. The van der Waals surface area contributed by atoms with Crippen LogP contribution >= 0.6 is 11.6 Å². The van der Waals surface area contributed by atoms with Gasteiger partial charge in [-0.25, -0.2) is 9.59 Å². The van der Waals surface area contributed by atoms with Crippen LogP contribution in [0.25, 0.3) is 11.0 Å². The Kier molecular flexibility index (Phi) is 4.77. The fourth-order valence-corrected chi connectivity index (χ4v) is 4.23. The number of primary amides is 1. The predicted octanol–water partition coefficient (Wildman–Crippen LogP) is 3.45. The maximum absolute atomic E-state index is 12.7. The van der Waals surface area contributed by atoms with Gasteiger partial charge >= 0.3 is 11.7 Å². The van der Waals surface area contributed by atoms with Crippen LogP contribution < -0.4 is 16.2 Å². The number of halogens is 1. The van der Waals surface area contributed by atoms with E-state index in [0.29, 0.717) is 35.7 Å². The highest BCUT2D eigenvalue weighted by molar-refractivity contribution is 6.30. The number of ether oxygens (including phenoxy) is 1. The van der Waals surface area contributed by atoms with Crippen molar-refractivity contribution in [3.8, 4) is 5.75 Å². The van der Waals surface area contributed by atoms with E-state index in [4.69, 9.17) is 22.1 Å². The second kappa shape index (κ2) is 7.24. The first kappa shape index (κ1) is 18.4. The molecule has 2 amide bonds. The van der Waals surface area contributed by atoms with E-state index in [1.54, 1.807) is 28.7 Å². The van der Waals surface area contributed by atoms with E-state index in [2.05, 4.69) is 4.98 Å². The van der Waals surface area contributed by atoms with Gasteiger partial charge in [-0.05, 0) is 42.7 Å². The number of methoxy groups -OCH3 is 1. The minimum Gasteiger partial charge on any atom is -0.494 e. The molecule has 8 heteroatoms. The van der Waals surface area contributed by atoms with Crippen LogP contribution in [0.15, 0.2) is 47.3 Å². The number of hydrogen-bond acceptors (Lipinski definition) is 3. The van der Waals surface area contributed by atoms with E-state index in [0.717, 1.165) is 11.1 Å². The van der Waals surface area contributed by atoms with Crippen molar-refractivity contribution in [1.29, 1.82) is 0 Å². The Bertz CT molecular complexity index is 1070. The smallest absolute Gasteiger partial charge is 0.326 e. The number of likely N-dealkylation sites (tertiary alicyclic amines) is 1. The van der Waals surface area contributed by atoms with Crippen LogP contribution in [0.2, 0.25) is 5.02 Å². The molecule has 2 aromatic carbocycles. The first-order valence-electron chi connectivity index (χ1n) is 9.08. The number of amides is 2. The van der Waals surface area contributed by atoms with Crippen LogP contribution in [-0.4, -0.2) is 34.1 Å². The molecule has 1 aliphatic heterocycles. The molecule has 3 N–H and O–H groups in total. The molecule has 0 saturated carbocycles. The number of piperidine rings is 1. The number of rotatable bonds is 3. The molecule has 146 valence electrons. The summed E-state index contributed by atoms with van der Waals surface area (Å²) >= 11 is 6.01. The molecule has 1 saturated heterocycles. The van der Waals surface area contributed by atoms with Crippen molar-refractivity contribution in [2.75, 3.05) is 13.7 Å². The number of nitrogens with zero attached hydrogens (tertiary/aromatic N) is 2. The minimum atomic E-state index is -0.466. The van der Waals surface area contributed by atoms with Gasteiger partial charge in [-0.3, -0.25) is 4.57 Å². The summed E-state index contributed by atoms with van der Waals surface area (Å²) in [5.41, 5.74) is 7.84. The molecule has 3 aromatic rings. The van der Waals surface area contributed by atoms with E-state index in [1.807, 2.05) is 30.3 Å². The van der Waals surface area contributed by atoms with Crippen molar-refractivity contribution in [2.45, 2.75) is 24.9 Å². The quantitative estimate of drug-likeness (QED) is 0.705. The molecule has 2 unspecified atom stereocenters. The normalized spacial score (nSPS) is 19.7. The molecule has 4 rings (SSSR count). The number of imidazole rings is 1. The number of H-pyrrole nitrogens is 1.